The van der Waals surface area contributed by atoms with Gasteiger partial charge in [0, 0.05) is 17.3 Å². The standard InChI is InChI=1S/C26H26N4OS2/c1-18(25(31)27-24(19-9-4-2-5-10-19)20-11-6-3-7-12-20)33-26-29-28-23(30(26)21-14-15-21)17-22-13-8-16-32-22/h2-13,16,18,21,24H,14-15,17H2,1H3,(H,27,31). The van der Waals surface area contributed by atoms with Crippen LogP contribution < -0.4 is 5.32 Å². The van der Waals surface area contributed by atoms with E-state index in [1.54, 1.807) is 11.3 Å². The van der Waals surface area contributed by atoms with E-state index in [-0.39, 0.29) is 17.2 Å². The molecule has 5 nitrogen and oxygen atoms in total. The number of carbonyl (C=O) groups is 1. The average molecular weight is 475 g/mol. The number of rotatable bonds is 9. The second-order valence-corrected chi connectivity index (χ2v) is 10.6. The first kappa shape index (κ1) is 21.9. The van der Waals surface area contributed by atoms with Gasteiger partial charge in [0.25, 0.3) is 0 Å². The minimum absolute atomic E-state index is 0.0112. The Morgan fingerprint density at radius 2 is 1.70 bits per heavy atom. The van der Waals surface area contributed by atoms with Crippen molar-refractivity contribution in [1.82, 2.24) is 20.1 Å². The topological polar surface area (TPSA) is 59.8 Å². The molecule has 5 rings (SSSR count). The van der Waals surface area contributed by atoms with Gasteiger partial charge >= 0.3 is 0 Å². The number of aromatic nitrogens is 3. The molecule has 4 aromatic rings. The van der Waals surface area contributed by atoms with Gasteiger partial charge < -0.3 is 9.88 Å². The highest BCUT2D eigenvalue weighted by Gasteiger charge is 2.31. The quantitative estimate of drug-likeness (QED) is 0.318. The van der Waals surface area contributed by atoms with Gasteiger partial charge in [-0.1, -0.05) is 78.5 Å². The van der Waals surface area contributed by atoms with Gasteiger partial charge in [-0.25, -0.2) is 0 Å². The van der Waals surface area contributed by atoms with Crippen molar-refractivity contribution < 1.29 is 4.79 Å². The molecular weight excluding hydrogens is 448 g/mol. The molecule has 0 spiro atoms. The molecule has 1 atom stereocenters. The molecule has 2 heterocycles. The smallest absolute Gasteiger partial charge is 0.234 e. The number of carbonyl (C=O) groups excluding carboxylic acids is 1. The highest BCUT2D eigenvalue weighted by Crippen LogP contribution is 2.40. The molecule has 1 amide bonds. The van der Waals surface area contributed by atoms with Crippen LogP contribution in [0.4, 0.5) is 0 Å². The summed E-state index contributed by atoms with van der Waals surface area (Å²) in [5.41, 5.74) is 2.13. The lowest BCUT2D eigenvalue weighted by atomic mass is 9.98. The van der Waals surface area contributed by atoms with E-state index in [0.717, 1.165) is 41.4 Å². The Balaban J connectivity index is 1.33. The van der Waals surface area contributed by atoms with Crippen LogP contribution in [0.25, 0.3) is 0 Å². The van der Waals surface area contributed by atoms with Gasteiger partial charge in [-0.3, -0.25) is 4.79 Å². The third kappa shape index (κ3) is 5.20. The lowest BCUT2D eigenvalue weighted by molar-refractivity contribution is -0.120. The summed E-state index contributed by atoms with van der Waals surface area (Å²) in [6.45, 7) is 1.94. The van der Waals surface area contributed by atoms with Gasteiger partial charge in [0.05, 0.1) is 11.3 Å². The summed E-state index contributed by atoms with van der Waals surface area (Å²) in [6, 6.07) is 24.7. The zero-order valence-corrected chi connectivity index (χ0v) is 20.1. The molecule has 1 unspecified atom stereocenters. The van der Waals surface area contributed by atoms with Crippen molar-refractivity contribution in [1.29, 1.82) is 0 Å². The van der Waals surface area contributed by atoms with Crippen molar-refractivity contribution in [3.05, 3.63) is 100 Å². The number of nitrogens with zero attached hydrogens (tertiary/aromatic N) is 3. The fraction of sp³-hybridized carbons (Fsp3) is 0.269. The van der Waals surface area contributed by atoms with Gasteiger partial charge in [-0.05, 0) is 42.3 Å². The molecule has 7 heteroatoms. The molecule has 2 aromatic heterocycles. The number of hydrogen-bond acceptors (Lipinski definition) is 5. The molecule has 1 aliphatic carbocycles. The van der Waals surface area contributed by atoms with Crippen LogP contribution in [0.15, 0.2) is 83.3 Å². The van der Waals surface area contributed by atoms with Crippen LogP contribution in [-0.2, 0) is 11.2 Å². The molecule has 1 N–H and O–H groups in total. The van der Waals surface area contributed by atoms with Gasteiger partial charge in [-0.2, -0.15) is 0 Å². The monoisotopic (exact) mass is 474 g/mol. The minimum Gasteiger partial charge on any atom is -0.344 e. The van der Waals surface area contributed by atoms with Crippen molar-refractivity contribution in [3.8, 4) is 0 Å². The van der Waals surface area contributed by atoms with Crippen LogP contribution in [0, 0.1) is 0 Å². The number of amides is 1. The van der Waals surface area contributed by atoms with Crippen LogP contribution in [0.5, 0.6) is 0 Å². The Bertz CT molecular complexity index is 1150. The van der Waals surface area contributed by atoms with E-state index < -0.39 is 0 Å². The largest absolute Gasteiger partial charge is 0.344 e. The summed E-state index contributed by atoms with van der Waals surface area (Å²) in [7, 11) is 0. The predicted molar refractivity (Wildman–Crippen MR) is 134 cm³/mol. The van der Waals surface area contributed by atoms with Crippen LogP contribution in [-0.4, -0.2) is 25.9 Å². The van der Waals surface area contributed by atoms with E-state index in [2.05, 4.69) is 61.9 Å². The summed E-state index contributed by atoms with van der Waals surface area (Å²) in [4.78, 5) is 14.6. The number of benzene rings is 2. The molecule has 33 heavy (non-hydrogen) atoms. The lowest BCUT2D eigenvalue weighted by Crippen LogP contribution is -2.35. The summed E-state index contributed by atoms with van der Waals surface area (Å²) >= 11 is 3.23. The highest BCUT2D eigenvalue weighted by atomic mass is 32.2. The molecule has 0 radical (unpaired) electrons. The Kier molecular flexibility index (Phi) is 6.60. The first-order valence-corrected chi connectivity index (χ1v) is 13.0. The molecule has 0 saturated heterocycles. The molecule has 2 aromatic carbocycles. The van der Waals surface area contributed by atoms with E-state index in [0.29, 0.717) is 6.04 Å². The Hall–Kier alpha value is -2.90. The maximum Gasteiger partial charge on any atom is 0.234 e. The van der Waals surface area contributed by atoms with Crippen molar-refractivity contribution >= 4 is 29.0 Å². The van der Waals surface area contributed by atoms with Crippen molar-refractivity contribution in [2.75, 3.05) is 0 Å². The van der Waals surface area contributed by atoms with Crippen molar-refractivity contribution in [3.63, 3.8) is 0 Å². The van der Waals surface area contributed by atoms with E-state index in [1.165, 1.54) is 16.6 Å². The van der Waals surface area contributed by atoms with Crippen LogP contribution in [0.1, 0.15) is 53.7 Å². The maximum atomic E-state index is 13.3. The third-order valence-corrected chi connectivity index (χ3v) is 7.70. The van der Waals surface area contributed by atoms with Gasteiger partial charge in [0.2, 0.25) is 5.91 Å². The molecular formula is C26H26N4OS2. The molecule has 168 valence electrons. The number of thiophene rings is 1. The fourth-order valence-corrected chi connectivity index (χ4v) is 5.55. The van der Waals surface area contributed by atoms with Crippen LogP contribution in [0.3, 0.4) is 0 Å². The van der Waals surface area contributed by atoms with Gasteiger partial charge in [0.15, 0.2) is 5.16 Å². The number of hydrogen-bond donors (Lipinski definition) is 1. The Morgan fingerprint density at radius 1 is 1.03 bits per heavy atom. The average Bonchev–Trinajstić information content (AvgIpc) is 3.41. The zero-order valence-electron chi connectivity index (χ0n) is 18.4. The van der Waals surface area contributed by atoms with Gasteiger partial charge in [0.1, 0.15) is 5.82 Å². The van der Waals surface area contributed by atoms with E-state index in [9.17, 15) is 4.79 Å². The molecule has 0 bridgehead atoms. The molecule has 0 aliphatic heterocycles. The predicted octanol–water partition coefficient (Wildman–Crippen LogP) is 5.65. The van der Waals surface area contributed by atoms with Gasteiger partial charge in [-0.15, -0.1) is 21.5 Å². The van der Waals surface area contributed by atoms with Crippen LogP contribution in [0.2, 0.25) is 0 Å². The first-order valence-electron chi connectivity index (χ1n) is 11.2. The van der Waals surface area contributed by atoms with E-state index in [4.69, 9.17) is 0 Å². The minimum atomic E-state index is -0.295. The summed E-state index contributed by atoms with van der Waals surface area (Å²) in [5, 5.41) is 14.9. The van der Waals surface area contributed by atoms with E-state index in [1.807, 2.05) is 43.3 Å². The SMILES string of the molecule is CC(Sc1nnc(Cc2cccs2)n1C1CC1)C(=O)NC(c1ccccc1)c1ccccc1. The number of thioether (sulfide) groups is 1. The second-order valence-electron chi connectivity index (χ2n) is 8.28. The summed E-state index contributed by atoms with van der Waals surface area (Å²) in [5.74, 6) is 0.976. The highest BCUT2D eigenvalue weighted by molar-refractivity contribution is 8.00. The maximum absolute atomic E-state index is 13.3. The Morgan fingerprint density at radius 3 is 2.27 bits per heavy atom. The van der Waals surface area contributed by atoms with Crippen LogP contribution >= 0.6 is 23.1 Å². The van der Waals surface area contributed by atoms with Crippen molar-refractivity contribution in [2.45, 2.75) is 48.7 Å². The molecule has 1 aliphatic rings. The van der Waals surface area contributed by atoms with E-state index >= 15 is 0 Å². The first-order chi connectivity index (χ1) is 16.2. The van der Waals surface area contributed by atoms with Crippen molar-refractivity contribution in [2.24, 2.45) is 0 Å². The second kappa shape index (κ2) is 9.93. The summed E-state index contributed by atoms with van der Waals surface area (Å²) in [6.07, 6.45) is 3.08. The molecule has 1 fully saturated rings. The normalized spacial score (nSPS) is 14.4. The molecule has 1 saturated carbocycles. The lowest BCUT2D eigenvalue weighted by Gasteiger charge is -2.22. The fourth-order valence-electron chi connectivity index (χ4n) is 3.90. The third-order valence-electron chi connectivity index (χ3n) is 5.76. The zero-order chi connectivity index (χ0) is 22.6. The Labute approximate surface area is 202 Å². The number of nitrogens with one attached hydrogen (secondary N) is 1. The summed E-state index contributed by atoms with van der Waals surface area (Å²) < 4.78 is 2.25.